The summed E-state index contributed by atoms with van der Waals surface area (Å²) in [5, 5.41) is 0. The summed E-state index contributed by atoms with van der Waals surface area (Å²) in [6, 6.07) is 0.281. The summed E-state index contributed by atoms with van der Waals surface area (Å²) in [4.78, 5) is 23.0. The van der Waals surface area contributed by atoms with Gasteiger partial charge in [0.25, 0.3) is 5.91 Å². The largest absolute Gasteiger partial charge is 0.477 e. The van der Waals surface area contributed by atoms with Crippen LogP contribution in [0.5, 0.6) is 5.88 Å². The summed E-state index contributed by atoms with van der Waals surface area (Å²) in [5.41, 5.74) is 0.530. The van der Waals surface area contributed by atoms with E-state index < -0.39 is 0 Å². The third kappa shape index (κ3) is 3.34. The lowest BCUT2D eigenvalue weighted by molar-refractivity contribution is 0.0589. The maximum Gasteiger partial charge on any atom is 0.274 e. The van der Waals surface area contributed by atoms with Gasteiger partial charge in [0.05, 0.1) is 19.0 Å². The number of carbonyl (C=O) groups is 1. The van der Waals surface area contributed by atoms with Gasteiger partial charge in [0.2, 0.25) is 5.88 Å². The molecule has 1 aliphatic heterocycles. The number of carbonyl (C=O) groups excluding carboxylic acids is 1. The minimum absolute atomic E-state index is 0.0189. The Bertz CT molecular complexity index is 485. The van der Waals surface area contributed by atoms with E-state index in [9.17, 15) is 4.79 Å². The fraction of sp³-hybridized carbons (Fsp3) is 0.688. The Morgan fingerprint density at radius 1 is 1.38 bits per heavy atom. The molecule has 116 valence electrons. The van der Waals surface area contributed by atoms with Gasteiger partial charge in [-0.15, -0.1) is 0 Å². The fourth-order valence-electron chi connectivity index (χ4n) is 2.85. The number of likely N-dealkylation sites (tertiary alicyclic amines) is 1. The number of ether oxygens (including phenoxy) is 1. The van der Waals surface area contributed by atoms with Crippen LogP contribution in [-0.4, -0.2) is 40.0 Å². The van der Waals surface area contributed by atoms with Gasteiger partial charge in [0.15, 0.2) is 0 Å². The van der Waals surface area contributed by atoms with Gasteiger partial charge in [0, 0.05) is 12.6 Å². The molecule has 0 aliphatic carbocycles. The molecule has 0 aromatic carbocycles. The molecule has 1 fully saturated rings. The molecule has 1 aliphatic rings. The molecule has 21 heavy (non-hydrogen) atoms. The Balaban J connectivity index is 2.15. The molecule has 1 aromatic heterocycles. The number of hydrogen-bond donors (Lipinski definition) is 0. The van der Waals surface area contributed by atoms with Crippen LogP contribution >= 0.6 is 0 Å². The standard InChI is InChI=1S/C16H25N3O2/c1-5-16(3,4)13-8-7-9-19(13)15(20)12-10-18-14(11-17-12)21-6-2/h10-11,13H,5-9H2,1-4H3. The third-order valence-electron chi connectivity index (χ3n) is 4.47. The smallest absolute Gasteiger partial charge is 0.274 e. The first-order valence-electron chi connectivity index (χ1n) is 7.75. The predicted molar refractivity (Wildman–Crippen MR) is 81.3 cm³/mol. The minimum Gasteiger partial charge on any atom is -0.477 e. The topological polar surface area (TPSA) is 55.3 Å². The maximum atomic E-state index is 12.7. The van der Waals surface area contributed by atoms with Gasteiger partial charge in [-0.3, -0.25) is 4.79 Å². The van der Waals surface area contributed by atoms with Crippen molar-refractivity contribution in [3.8, 4) is 5.88 Å². The van der Waals surface area contributed by atoms with E-state index in [0.717, 1.165) is 25.8 Å². The van der Waals surface area contributed by atoms with Gasteiger partial charge in [-0.25, -0.2) is 9.97 Å². The SMILES string of the molecule is CCOc1cnc(C(=O)N2CCCC2C(C)(C)CC)cn1. The highest BCUT2D eigenvalue weighted by Gasteiger charge is 2.39. The van der Waals surface area contributed by atoms with Gasteiger partial charge < -0.3 is 9.64 Å². The molecule has 5 nitrogen and oxygen atoms in total. The van der Waals surface area contributed by atoms with Crippen LogP contribution in [0, 0.1) is 5.41 Å². The monoisotopic (exact) mass is 291 g/mol. The normalized spacial score (nSPS) is 18.9. The predicted octanol–water partition coefficient (Wildman–Crippen LogP) is 2.92. The quantitative estimate of drug-likeness (QED) is 0.837. The van der Waals surface area contributed by atoms with E-state index in [1.165, 1.54) is 12.4 Å². The molecule has 0 spiro atoms. The molecule has 1 unspecified atom stereocenters. The Kier molecular flexibility index (Phi) is 4.80. The molecular weight excluding hydrogens is 266 g/mol. The Labute approximate surface area is 126 Å². The van der Waals surface area contributed by atoms with Crippen LogP contribution in [0.15, 0.2) is 12.4 Å². The van der Waals surface area contributed by atoms with Crippen LogP contribution in [-0.2, 0) is 0 Å². The van der Waals surface area contributed by atoms with Crippen LogP contribution in [0.25, 0.3) is 0 Å². The van der Waals surface area contributed by atoms with Crippen LogP contribution < -0.4 is 4.74 Å². The van der Waals surface area contributed by atoms with Crippen molar-refractivity contribution in [3.05, 3.63) is 18.1 Å². The second-order valence-electron chi connectivity index (χ2n) is 6.17. The molecule has 2 heterocycles. The molecule has 1 amide bonds. The molecule has 0 saturated carbocycles. The maximum absolute atomic E-state index is 12.7. The number of hydrogen-bond acceptors (Lipinski definition) is 4. The van der Waals surface area contributed by atoms with Crippen molar-refractivity contribution in [1.82, 2.24) is 14.9 Å². The summed E-state index contributed by atoms with van der Waals surface area (Å²) < 4.78 is 5.26. The molecule has 1 atom stereocenters. The molecule has 0 radical (unpaired) electrons. The molecule has 2 rings (SSSR count). The van der Waals surface area contributed by atoms with Crippen LogP contribution in [0.1, 0.15) is 57.4 Å². The Morgan fingerprint density at radius 2 is 2.14 bits per heavy atom. The number of aromatic nitrogens is 2. The average molecular weight is 291 g/mol. The summed E-state index contributed by atoms with van der Waals surface area (Å²) in [5.74, 6) is 0.440. The molecular formula is C16H25N3O2. The zero-order chi connectivity index (χ0) is 15.5. The number of rotatable bonds is 5. The molecule has 0 bridgehead atoms. The lowest BCUT2D eigenvalue weighted by atomic mass is 9.80. The first kappa shape index (κ1) is 15.7. The zero-order valence-electron chi connectivity index (χ0n) is 13.4. The van der Waals surface area contributed by atoms with Crippen molar-refractivity contribution in [2.45, 2.75) is 53.0 Å². The van der Waals surface area contributed by atoms with E-state index in [2.05, 4.69) is 30.7 Å². The van der Waals surface area contributed by atoms with E-state index in [0.29, 0.717) is 18.2 Å². The minimum atomic E-state index is -0.0189. The third-order valence-corrected chi connectivity index (χ3v) is 4.47. The van der Waals surface area contributed by atoms with Crippen molar-refractivity contribution in [2.24, 2.45) is 5.41 Å². The van der Waals surface area contributed by atoms with Crippen LogP contribution in [0.2, 0.25) is 0 Å². The van der Waals surface area contributed by atoms with E-state index in [1.54, 1.807) is 0 Å². The van der Waals surface area contributed by atoms with Gasteiger partial charge in [-0.1, -0.05) is 20.8 Å². The summed E-state index contributed by atoms with van der Waals surface area (Å²) in [6.07, 6.45) is 6.21. The van der Waals surface area contributed by atoms with Crippen molar-refractivity contribution in [3.63, 3.8) is 0 Å². The summed E-state index contributed by atoms with van der Waals surface area (Å²) >= 11 is 0. The zero-order valence-corrected chi connectivity index (χ0v) is 13.4. The van der Waals surface area contributed by atoms with Gasteiger partial charge in [-0.05, 0) is 31.6 Å². The lowest BCUT2D eigenvalue weighted by Crippen LogP contribution is -2.44. The van der Waals surface area contributed by atoms with Crippen LogP contribution in [0.4, 0.5) is 0 Å². The van der Waals surface area contributed by atoms with Crippen molar-refractivity contribution < 1.29 is 9.53 Å². The first-order chi connectivity index (χ1) is 9.99. The highest BCUT2D eigenvalue weighted by Crippen LogP contribution is 2.36. The fourth-order valence-corrected chi connectivity index (χ4v) is 2.85. The molecule has 1 aromatic rings. The highest BCUT2D eigenvalue weighted by atomic mass is 16.5. The molecule has 0 N–H and O–H groups in total. The summed E-state index contributed by atoms with van der Waals surface area (Å²) in [6.45, 7) is 9.88. The number of amides is 1. The average Bonchev–Trinajstić information content (AvgIpc) is 2.98. The van der Waals surface area contributed by atoms with E-state index in [4.69, 9.17) is 4.74 Å². The number of nitrogens with zero attached hydrogens (tertiary/aromatic N) is 3. The molecule has 1 saturated heterocycles. The van der Waals surface area contributed by atoms with Crippen molar-refractivity contribution >= 4 is 5.91 Å². The first-order valence-corrected chi connectivity index (χ1v) is 7.75. The van der Waals surface area contributed by atoms with E-state index in [1.807, 2.05) is 11.8 Å². The lowest BCUT2D eigenvalue weighted by Gasteiger charge is -2.37. The second kappa shape index (κ2) is 6.41. The Hall–Kier alpha value is -1.65. The molecule has 5 heteroatoms. The van der Waals surface area contributed by atoms with Gasteiger partial charge >= 0.3 is 0 Å². The van der Waals surface area contributed by atoms with Gasteiger partial charge in [0.1, 0.15) is 5.69 Å². The van der Waals surface area contributed by atoms with E-state index >= 15 is 0 Å². The van der Waals surface area contributed by atoms with Crippen molar-refractivity contribution in [2.75, 3.05) is 13.2 Å². The summed E-state index contributed by atoms with van der Waals surface area (Å²) in [7, 11) is 0. The second-order valence-corrected chi connectivity index (χ2v) is 6.17. The van der Waals surface area contributed by atoms with Crippen LogP contribution in [0.3, 0.4) is 0 Å². The highest BCUT2D eigenvalue weighted by molar-refractivity contribution is 5.92. The van der Waals surface area contributed by atoms with E-state index in [-0.39, 0.29) is 17.4 Å². The van der Waals surface area contributed by atoms with Crippen molar-refractivity contribution in [1.29, 1.82) is 0 Å². The van der Waals surface area contributed by atoms with Gasteiger partial charge in [-0.2, -0.15) is 0 Å². The Morgan fingerprint density at radius 3 is 2.71 bits per heavy atom.